The average Bonchev–Trinajstić information content (AvgIpc) is 3.52. The summed E-state index contributed by atoms with van der Waals surface area (Å²) in [6, 6.07) is 2.13. The van der Waals surface area contributed by atoms with Crippen LogP contribution < -0.4 is 4.90 Å². The van der Waals surface area contributed by atoms with Gasteiger partial charge in [-0.2, -0.15) is 5.26 Å². The van der Waals surface area contributed by atoms with Gasteiger partial charge in [-0.25, -0.2) is 17.7 Å². The number of amides is 1. The van der Waals surface area contributed by atoms with Gasteiger partial charge in [0.05, 0.1) is 5.75 Å². The molecule has 0 radical (unpaired) electrons. The molecule has 1 amide bonds. The van der Waals surface area contributed by atoms with E-state index in [1.165, 1.54) is 4.31 Å². The molecule has 1 aromatic heterocycles. The van der Waals surface area contributed by atoms with E-state index in [0.717, 1.165) is 12.8 Å². The molecule has 0 spiro atoms. The number of sulfonamides is 1. The van der Waals surface area contributed by atoms with Crippen molar-refractivity contribution in [3.8, 4) is 6.07 Å². The van der Waals surface area contributed by atoms with Crippen LogP contribution in [-0.4, -0.2) is 73.5 Å². The second kappa shape index (κ2) is 8.55. The predicted octanol–water partition coefficient (Wildman–Crippen LogP) is 1.52. The molecular weight excluding hydrogens is 406 g/mol. The summed E-state index contributed by atoms with van der Waals surface area (Å²) in [5.41, 5.74) is 0.331. The van der Waals surface area contributed by atoms with Crippen LogP contribution in [0.15, 0.2) is 4.42 Å². The molecule has 2 saturated heterocycles. The largest absolute Gasteiger partial charge is 0.423 e. The van der Waals surface area contributed by atoms with Crippen molar-refractivity contribution in [1.29, 1.82) is 5.26 Å². The van der Waals surface area contributed by atoms with Crippen molar-refractivity contribution in [2.45, 2.75) is 44.9 Å². The number of nitrogens with zero attached hydrogens (tertiary/aromatic N) is 5. The van der Waals surface area contributed by atoms with Gasteiger partial charge in [-0.3, -0.25) is 4.79 Å². The third kappa shape index (κ3) is 4.32. The van der Waals surface area contributed by atoms with Crippen molar-refractivity contribution in [2.24, 2.45) is 5.92 Å². The zero-order chi connectivity index (χ0) is 21.3. The molecule has 0 unspecified atom stereocenters. The molecule has 0 N–H and O–H groups in total. The number of oxazole rings is 1. The van der Waals surface area contributed by atoms with Gasteiger partial charge < -0.3 is 14.2 Å². The third-order valence-electron chi connectivity index (χ3n) is 6.20. The van der Waals surface area contributed by atoms with Gasteiger partial charge in [-0.05, 0) is 32.1 Å². The number of nitriles is 1. The Balaban J connectivity index is 1.31. The Kier molecular flexibility index (Phi) is 6.02. The molecule has 3 heterocycles. The summed E-state index contributed by atoms with van der Waals surface area (Å²) < 4.78 is 31.8. The lowest BCUT2D eigenvalue weighted by Crippen LogP contribution is -2.52. The van der Waals surface area contributed by atoms with Gasteiger partial charge in [0.1, 0.15) is 6.07 Å². The summed E-state index contributed by atoms with van der Waals surface area (Å²) in [7, 11) is -3.19. The Bertz CT molecular complexity index is 917. The van der Waals surface area contributed by atoms with Crippen molar-refractivity contribution in [3.05, 3.63) is 11.6 Å². The lowest BCUT2D eigenvalue weighted by Gasteiger charge is -2.38. The van der Waals surface area contributed by atoms with E-state index in [1.807, 2.05) is 16.7 Å². The first-order valence-corrected chi connectivity index (χ1v) is 12.5. The van der Waals surface area contributed by atoms with E-state index < -0.39 is 10.0 Å². The van der Waals surface area contributed by atoms with Gasteiger partial charge >= 0.3 is 0 Å². The number of piperazine rings is 1. The minimum absolute atomic E-state index is 0.110. The molecule has 1 saturated carbocycles. The van der Waals surface area contributed by atoms with Crippen molar-refractivity contribution < 1.29 is 17.6 Å². The van der Waals surface area contributed by atoms with Crippen LogP contribution in [0.3, 0.4) is 0 Å². The monoisotopic (exact) mass is 435 g/mol. The summed E-state index contributed by atoms with van der Waals surface area (Å²) in [6.45, 7) is 5.04. The van der Waals surface area contributed by atoms with Gasteiger partial charge in [0.15, 0.2) is 0 Å². The zero-order valence-electron chi connectivity index (χ0n) is 17.4. The summed E-state index contributed by atoms with van der Waals surface area (Å²) >= 11 is 0. The number of hydrogen-bond acceptors (Lipinski definition) is 7. The SMILES string of the molecule is CCCS(=O)(=O)N1CCC(C(=O)N2CCN(c3oc(C4CC4)nc3C#N)CC2)CC1. The second-order valence-corrected chi connectivity index (χ2v) is 10.5. The molecule has 3 fully saturated rings. The summed E-state index contributed by atoms with van der Waals surface area (Å²) in [6.07, 6.45) is 3.88. The Morgan fingerprint density at radius 2 is 1.80 bits per heavy atom. The Hall–Kier alpha value is -2.12. The van der Waals surface area contributed by atoms with Gasteiger partial charge in [0.25, 0.3) is 0 Å². The topological polar surface area (TPSA) is 111 Å². The number of aromatic nitrogens is 1. The molecule has 0 bridgehead atoms. The van der Waals surface area contributed by atoms with Crippen LogP contribution in [0.2, 0.25) is 0 Å². The fourth-order valence-corrected chi connectivity index (χ4v) is 5.82. The van der Waals surface area contributed by atoms with Gasteiger partial charge in [-0.1, -0.05) is 6.92 Å². The number of carbonyl (C=O) groups is 1. The van der Waals surface area contributed by atoms with E-state index >= 15 is 0 Å². The van der Waals surface area contributed by atoms with Crippen molar-refractivity contribution in [2.75, 3.05) is 49.9 Å². The minimum Gasteiger partial charge on any atom is -0.423 e. The fourth-order valence-electron chi connectivity index (χ4n) is 4.28. The van der Waals surface area contributed by atoms with E-state index in [-0.39, 0.29) is 17.6 Å². The van der Waals surface area contributed by atoms with E-state index in [1.54, 1.807) is 0 Å². The minimum atomic E-state index is -3.19. The molecule has 0 atom stereocenters. The molecule has 2 aliphatic heterocycles. The first-order chi connectivity index (χ1) is 14.4. The highest BCUT2D eigenvalue weighted by atomic mass is 32.2. The number of hydrogen-bond donors (Lipinski definition) is 0. The standard InChI is InChI=1S/C20H29N5O4S/c1-2-13-30(27,28)25-7-5-16(6-8-25)19(26)23-9-11-24(12-10-23)20-17(14-21)22-18(29-20)15-3-4-15/h15-16H,2-13H2,1H3. The molecule has 10 heteroatoms. The van der Waals surface area contributed by atoms with Crippen LogP contribution in [0, 0.1) is 17.2 Å². The van der Waals surface area contributed by atoms with E-state index in [2.05, 4.69) is 11.1 Å². The summed E-state index contributed by atoms with van der Waals surface area (Å²) in [4.78, 5) is 21.1. The molecule has 3 aliphatic rings. The Morgan fingerprint density at radius 1 is 1.13 bits per heavy atom. The Morgan fingerprint density at radius 3 is 2.37 bits per heavy atom. The highest BCUT2D eigenvalue weighted by Crippen LogP contribution is 2.41. The van der Waals surface area contributed by atoms with Crippen molar-refractivity contribution >= 4 is 21.8 Å². The number of carbonyl (C=O) groups excluding carboxylic acids is 1. The maximum absolute atomic E-state index is 13.0. The van der Waals surface area contributed by atoms with Crippen LogP contribution in [-0.2, 0) is 14.8 Å². The molecule has 4 rings (SSSR count). The number of piperidine rings is 1. The number of anilines is 1. The van der Waals surface area contributed by atoms with Crippen LogP contribution in [0.25, 0.3) is 0 Å². The van der Waals surface area contributed by atoms with Crippen LogP contribution in [0.5, 0.6) is 0 Å². The molecule has 164 valence electrons. The van der Waals surface area contributed by atoms with Crippen LogP contribution >= 0.6 is 0 Å². The summed E-state index contributed by atoms with van der Waals surface area (Å²) in [5.74, 6) is 1.69. The lowest BCUT2D eigenvalue weighted by atomic mass is 9.96. The van der Waals surface area contributed by atoms with Crippen molar-refractivity contribution in [1.82, 2.24) is 14.2 Å². The van der Waals surface area contributed by atoms with Gasteiger partial charge in [0, 0.05) is 51.1 Å². The van der Waals surface area contributed by atoms with E-state index in [4.69, 9.17) is 4.42 Å². The molecule has 1 aromatic rings. The van der Waals surface area contributed by atoms with E-state index in [0.29, 0.717) is 81.9 Å². The van der Waals surface area contributed by atoms with Crippen LogP contribution in [0.4, 0.5) is 5.88 Å². The van der Waals surface area contributed by atoms with Crippen molar-refractivity contribution in [3.63, 3.8) is 0 Å². The fraction of sp³-hybridized carbons (Fsp3) is 0.750. The van der Waals surface area contributed by atoms with Crippen LogP contribution in [0.1, 0.15) is 56.5 Å². The highest BCUT2D eigenvalue weighted by molar-refractivity contribution is 7.89. The highest BCUT2D eigenvalue weighted by Gasteiger charge is 2.35. The summed E-state index contributed by atoms with van der Waals surface area (Å²) in [5, 5.41) is 9.38. The molecular formula is C20H29N5O4S. The predicted molar refractivity (Wildman–Crippen MR) is 110 cm³/mol. The molecule has 0 aromatic carbocycles. The first kappa shape index (κ1) is 21.1. The average molecular weight is 436 g/mol. The van der Waals surface area contributed by atoms with Gasteiger partial charge in [-0.15, -0.1) is 0 Å². The van der Waals surface area contributed by atoms with Gasteiger partial charge in [0.2, 0.25) is 33.4 Å². The second-order valence-electron chi connectivity index (χ2n) is 8.39. The van der Waals surface area contributed by atoms with E-state index in [9.17, 15) is 18.5 Å². The quantitative estimate of drug-likeness (QED) is 0.666. The maximum atomic E-state index is 13.0. The molecule has 30 heavy (non-hydrogen) atoms. The molecule has 1 aliphatic carbocycles. The molecule has 9 nitrogen and oxygen atoms in total. The smallest absolute Gasteiger partial charge is 0.234 e. The number of rotatable bonds is 6. The third-order valence-corrected chi connectivity index (χ3v) is 8.27. The zero-order valence-corrected chi connectivity index (χ0v) is 18.2. The Labute approximate surface area is 177 Å². The lowest BCUT2D eigenvalue weighted by molar-refractivity contribution is -0.137. The maximum Gasteiger partial charge on any atom is 0.234 e. The normalized spacial score (nSPS) is 21.6. The first-order valence-electron chi connectivity index (χ1n) is 10.8.